The van der Waals surface area contributed by atoms with Crippen LogP contribution in [0.4, 0.5) is 51.2 Å². The minimum atomic E-state index is -1.40. The largest absolute Gasteiger partial charge is 0.477 e. The van der Waals surface area contributed by atoms with E-state index in [4.69, 9.17) is 0 Å². The molecule has 0 aliphatic carbocycles. The number of hydrogen-bond acceptors (Lipinski definition) is 9. The first kappa shape index (κ1) is 66.2. The second kappa shape index (κ2) is 30.3. The maximum atomic E-state index is 12.8. The normalized spacial score (nSPS) is 11.4. The lowest BCUT2D eigenvalue weighted by Gasteiger charge is -2.26. The SMILES string of the molecule is N#C/C(=C/c1ccc(-c2cccc(N(c3ccccc3)c3ccccc3)c2)n1Cc1cc(Cn2c(/C=C(/C#N)C(=O)O)ccc2-c2cccc(N(c3ccccc3)c3ccccc3)c2)cc(Cn2c(/C=C(\C#N)C(=O)O)ccc2-c2cccc(N(c3ccccc3)c3ccccc3)c2)c1)C(=O)O. The maximum Gasteiger partial charge on any atom is 0.346 e. The van der Waals surface area contributed by atoms with E-state index in [1.54, 1.807) is 18.2 Å². The first-order valence-electron chi connectivity index (χ1n) is 32.7. The van der Waals surface area contributed by atoms with Gasteiger partial charge in [-0.05, 0) is 181 Å². The van der Waals surface area contributed by atoms with Gasteiger partial charge < -0.3 is 43.7 Å². The number of rotatable bonds is 24. The van der Waals surface area contributed by atoms with Gasteiger partial charge in [0.15, 0.2) is 0 Å². The van der Waals surface area contributed by atoms with Crippen LogP contribution in [0.25, 0.3) is 52.0 Å². The number of para-hydroxylation sites is 6. The Hall–Kier alpha value is -14.5. The van der Waals surface area contributed by atoms with Crippen LogP contribution >= 0.6 is 0 Å². The summed E-state index contributed by atoms with van der Waals surface area (Å²) in [4.78, 5) is 44.7. The van der Waals surface area contributed by atoms with Crippen molar-refractivity contribution in [2.45, 2.75) is 19.6 Å². The van der Waals surface area contributed by atoms with E-state index in [1.807, 2.05) is 305 Å². The number of hydrogen-bond donors (Lipinski definition) is 3. The lowest BCUT2D eigenvalue weighted by molar-refractivity contribution is -0.133. The van der Waals surface area contributed by atoms with E-state index in [0.717, 1.165) is 67.9 Å². The number of aromatic nitrogens is 3. The minimum absolute atomic E-state index is 0.0954. The topological polar surface area (TPSA) is 208 Å². The number of aliphatic carboxylic acids is 3. The molecule has 0 aliphatic heterocycles. The molecule has 15 heteroatoms. The van der Waals surface area contributed by atoms with E-state index < -0.39 is 34.6 Å². The third-order valence-corrected chi connectivity index (χ3v) is 17.4. The Morgan fingerprint density at radius 2 is 0.500 bits per heavy atom. The molecule has 0 fully saturated rings. The zero-order chi connectivity index (χ0) is 70.5. The molecule has 13 rings (SSSR count). The van der Waals surface area contributed by atoms with Gasteiger partial charge in [-0.25, -0.2) is 14.4 Å². The van der Waals surface area contributed by atoms with Crippen LogP contribution < -0.4 is 14.7 Å². The summed E-state index contributed by atoms with van der Waals surface area (Å²) in [6.07, 6.45) is 4.07. The Morgan fingerprint density at radius 1 is 0.284 bits per heavy atom. The molecule has 0 atom stereocenters. The van der Waals surface area contributed by atoms with Crippen LogP contribution in [0.2, 0.25) is 0 Å². The monoisotopic (exact) mass is 1330 g/mol. The lowest BCUT2D eigenvalue weighted by Crippen LogP contribution is -2.12. The molecule has 3 N–H and O–H groups in total. The summed E-state index contributed by atoms with van der Waals surface area (Å²) in [6.45, 7) is 0.286. The second-order valence-corrected chi connectivity index (χ2v) is 23.9. The fourth-order valence-electron chi connectivity index (χ4n) is 12.9. The van der Waals surface area contributed by atoms with Crippen molar-refractivity contribution in [3.63, 3.8) is 0 Å². The van der Waals surface area contributed by atoms with Crippen LogP contribution in [0.3, 0.4) is 0 Å². The standard InChI is InChI=1S/C87H63N9O6/c88-55-67(85(97)98)52-76-40-43-82(64-22-19-37-79(49-64)94(70-25-7-1-8-26-70)71-27-9-2-10-28-71)91(76)58-61-46-62(59-92-77(53-68(56-89)86(99)100)41-44-83(92)65-23-20-38-80(50-65)95(72-29-11-3-12-30-72)73-31-13-4-14-32-73)48-63(47-61)60-93-78(54-69(57-90)87(101)102)42-45-84(93)66-24-21-39-81(51-66)96(74-33-15-5-16-34-74)75-35-17-6-18-36-75/h1-54H,58-60H2,(H,97,98)(H,99,100)(H,101,102)/b67-52-,68-53-,69-54+. The van der Waals surface area contributed by atoms with E-state index >= 15 is 0 Å². The molecule has 0 saturated heterocycles. The van der Waals surface area contributed by atoms with Gasteiger partial charge in [0.1, 0.15) is 34.9 Å². The molecule has 0 aliphatic rings. The molecule has 0 unspecified atom stereocenters. The van der Waals surface area contributed by atoms with Crippen LogP contribution in [0.15, 0.2) is 326 Å². The smallest absolute Gasteiger partial charge is 0.346 e. The summed E-state index contributed by atoms with van der Waals surface area (Å²) >= 11 is 0. The molecule has 3 heterocycles. The van der Waals surface area contributed by atoms with E-state index in [-0.39, 0.29) is 19.6 Å². The van der Waals surface area contributed by atoms with Crippen molar-refractivity contribution >= 4 is 87.3 Å². The number of carboxylic acid groups (broad SMARTS) is 3. The zero-order valence-corrected chi connectivity index (χ0v) is 54.9. The molecule has 0 bridgehead atoms. The molecule has 0 spiro atoms. The molecule has 0 saturated carbocycles. The van der Waals surface area contributed by atoms with Crippen molar-refractivity contribution in [2.24, 2.45) is 0 Å². The second-order valence-electron chi connectivity index (χ2n) is 23.9. The Balaban J connectivity index is 1.01. The number of nitriles is 3. The van der Waals surface area contributed by atoms with Gasteiger partial charge in [0.05, 0.1) is 0 Å². The molecule has 10 aromatic carbocycles. The molecule has 15 nitrogen and oxygen atoms in total. The predicted octanol–water partition coefficient (Wildman–Crippen LogP) is 19.6. The van der Waals surface area contributed by atoms with Crippen molar-refractivity contribution in [1.82, 2.24) is 13.7 Å². The van der Waals surface area contributed by atoms with Gasteiger partial charge in [-0.3, -0.25) is 0 Å². The Kier molecular flexibility index (Phi) is 19.7. The molecule has 3 aromatic heterocycles. The summed E-state index contributed by atoms with van der Waals surface area (Å²) in [5.74, 6) is -4.21. The summed E-state index contributed by atoms with van der Waals surface area (Å²) in [5.41, 5.74) is 14.3. The summed E-state index contributed by atoms with van der Waals surface area (Å²) in [7, 11) is 0. The average molecular weight is 1330 g/mol. The van der Waals surface area contributed by atoms with E-state index in [2.05, 4.69) is 32.9 Å². The van der Waals surface area contributed by atoms with Gasteiger partial charge >= 0.3 is 17.9 Å². The van der Waals surface area contributed by atoms with Crippen molar-refractivity contribution < 1.29 is 29.7 Å². The van der Waals surface area contributed by atoms with Crippen LogP contribution in [-0.2, 0) is 34.0 Å². The van der Waals surface area contributed by atoms with Gasteiger partial charge in [0.2, 0.25) is 0 Å². The Bertz CT molecular complexity index is 4800. The summed E-state index contributed by atoms with van der Waals surface area (Å²) in [6, 6.07) is 107. The van der Waals surface area contributed by atoms with Crippen LogP contribution in [0.1, 0.15) is 33.8 Å². The highest BCUT2D eigenvalue weighted by Gasteiger charge is 2.23. The van der Waals surface area contributed by atoms with Crippen molar-refractivity contribution in [2.75, 3.05) is 14.7 Å². The molecular weight excluding hydrogens is 1270 g/mol. The fraction of sp³-hybridized carbons (Fsp3) is 0.0345. The van der Waals surface area contributed by atoms with Gasteiger partial charge in [-0.1, -0.05) is 164 Å². The number of anilines is 9. The molecule has 0 radical (unpaired) electrons. The number of carboxylic acids is 3. The quantitative estimate of drug-likeness (QED) is 0.0381. The summed E-state index contributed by atoms with van der Waals surface area (Å²) in [5, 5.41) is 62.1. The van der Waals surface area contributed by atoms with Crippen molar-refractivity contribution in [3.05, 3.63) is 360 Å². The Morgan fingerprint density at radius 3 is 0.706 bits per heavy atom. The molecule has 13 aromatic rings. The van der Waals surface area contributed by atoms with Crippen molar-refractivity contribution in [1.29, 1.82) is 15.8 Å². The van der Waals surface area contributed by atoms with Crippen LogP contribution in [-0.4, -0.2) is 46.9 Å². The van der Waals surface area contributed by atoms with E-state index in [1.165, 1.54) is 18.2 Å². The number of benzene rings is 10. The third-order valence-electron chi connectivity index (χ3n) is 17.4. The van der Waals surface area contributed by atoms with Gasteiger partial charge in [-0.15, -0.1) is 0 Å². The highest BCUT2D eigenvalue weighted by Crippen LogP contribution is 2.41. The third kappa shape index (κ3) is 14.6. The average Bonchev–Trinajstić information content (AvgIpc) is 1.44. The first-order valence-corrected chi connectivity index (χ1v) is 32.7. The molecule has 0 amide bonds. The number of nitrogens with zero attached hydrogens (tertiary/aromatic N) is 9. The predicted molar refractivity (Wildman–Crippen MR) is 401 cm³/mol. The zero-order valence-electron chi connectivity index (χ0n) is 54.9. The van der Waals surface area contributed by atoms with Crippen LogP contribution in [0, 0.1) is 34.0 Å². The van der Waals surface area contributed by atoms with E-state index in [0.29, 0.717) is 50.9 Å². The highest BCUT2D eigenvalue weighted by molar-refractivity contribution is 5.98. The van der Waals surface area contributed by atoms with Crippen molar-refractivity contribution in [3.8, 4) is 52.0 Å². The molecular formula is C87H63N9O6. The fourth-order valence-corrected chi connectivity index (χ4v) is 12.9. The van der Waals surface area contributed by atoms with Gasteiger partial charge in [-0.2, -0.15) is 15.8 Å². The molecule has 492 valence electrons. The highest BCUT2D eigenvalue weighted by atomic mass is 16.4. The lowest BCUT2D eigenvalue weighted by atomic mass is 10.0. The minimum Gasteiger partial charge on any atom is -0.477 e. The van der Waals surface area contributed by atoms with Gasteiger partial charge in [0, 0.05) is 122 Å². The Labute approximate surface area is 589 Å². The van der Waals surface area contributed by atoms with Gasteiger partial charge in [0.25, 0.3) is 0 Å². The maximum absolute atomic E-state index is 12.8. The van der Waals surface area contributed by atoms with E-state index in [9.17, 15) is 45.5 Å². The number of carbonyl (C=O) groups is 3. The summed E-state index contributed by atoms with van der Waals surface area (Å²) < 4.78 is 5.90. The first-order chi connectivity index (χ1) is 49.9. The molecule has 102 heavy (non-hydrogen) atoms. The van der Waals surface area contributed by atoms with Crippen LogP contribution in [0.5, 0.6) is 0 Å².